The molecule has 1 aromatic carbocycles. The molecule has 0 unspecified atom stereocenters. The highest BCUT2D eigenvalue weighted by atomic mass is 32.1. The molecule has 5 nitrogen and oxygen atoms in total. The fourth-order valence-corrected chi connectivity index (χ4v) is 3.79. The van der Waals surface area contributed by atoms with Crippen molar-refractivity contribution >= 4 is 27.4 Å². The molecule has 1 aliphatic rings. The maximum absolute atomic E-state index is 11.6. The minimum atomic E-state index is -0.427. The molecule has 2 heterocycles. The second-order valence-electron chi connectivity index (χ2n) is 5.81. The Morgan fingerprint density at radius 2 is 2.26 bits per heavy atom. The molecule has 0 radical (unpaired) electrons. The molecule has 0 saturated heterocycles. The van der Waals surface area contributed by atoms with Gasteiger partial charge in [0, 0.05) is 9.58 Å². The molecule has 0 atom stereocenters. The number of nitrogens with zero attached hydrogens (tertiary/aromatic N) is 3. The first-order chi connectivity index (χ1) is 11.2. The van der Waals surface area contributed by atoms with Crippen LogP contribution in [0.25, 0.3) is 10.1 Å². The van der Waals surface area contributed by atoms with Gasteiger partial charge in [0.2, 0.25) is 0 Å². The average Bonchev–Trinajstić information content (AvgIpc) is 3.15. The first-order valence-corrected chi connectivity index (χ1v) is 8.64. The molecule has 0 bridgehead atoms. The quantitative estimate of drug-likeness (QED) is 0.672. The zero-order valence-corrected chi connectivity index (χ0v) is 13.7. The molecule has 118 valence electrons. The van der Waals surface area contributed by atoms with E-state index >= 15 is 0 Å². The van der Waals surface area contributed by atoms with Gasteiger partial charge in [-0.2, -0.15) is 0 Å². The number of carbonyl (C=O) groups excluding carboxylic acids is 1. The number of benzene rings is 1. The molecule has 0 amide bonds. The van der Waals surface area contributed by atoms with Crippen molar-refractivity contribution in [3.63, 3.8) is 0 Å². The van der Waals surface area contributed by atoms with Crippen LogP contribution in [0.1, 0.15) is 46.6 Å². The van der Waals surface area contributed by atoms with Crippen LogP contribution < -0.4 is 0 Å². The second-order valence-corrected chi connectivity index (χ2v) is 6.97. The van der Waals surface area contributed by atoms with Crippen LogP contribution in [0.2, 0.25) is 0 Å². The third kappa shape index (κ3) is 2.99. The lowest BCUT2D eigenvalue weighted by atomic mass is 10.1. The first-order valence-electron chi connectivity index (χ1n) is 7.82. The zero-order chi connectivity index (χ0) is 15.8. The SMILES string of the molecule is CCOC(=O)c1cn(Cc2cc3ccc(C4CC4)cc3s2)nn1. The number of ether oxygens (including phenoxy) is 1. The lowest BCUT2D eigenvalue weighted by Gasteiger charge is -1.96. The van der Waals surface area contributed by atoms with Crippen molar-refractivity contribution in [2.75, 3.05) is 6.61 Å². The highest BCUT2D eigenvalue weighted by molar-refractivity contribution is 7.19. The van der Waals surface area contributed by atoms with Gasteiger partial charge in [0.25, 0.3) is 0 Å². The minimum Gasteiger partial charge on any atom is -0.461 e. The predicted octanol–water partition coefficient (Wildman–Crippen LogP) is 3.60. The topological polar surface area (TPSA) is 57.0 Å². The second kappa shape index (κ2) is 5.77. The number of esters is 1. The van der Waals surface area contributed by atoms with E-state index in [0.29, 0.717) is 13.2 Å². The van der Waals surface area contributed by atoms with Gasteiger partial charge in [-0.25, -0.2) is 9.48 Å². The Balaban J connectivity index is 1.54. The molecule has 6 heteroatoms. The van der Waals surface area contributed by atoms with Crippen LogP contribution in [0.5, 0.6) is 0 Å². The molecule has 0 aliphatic heterocycles. The summed E-state index contributed by atoms with van der Waals surface area (Å²) < 4.78 is 7.92. The van der Waals surface area contributed by atoms with Crippen LogP contribution in [0.4, 0.5) is 0 Å². The number of hydrogen-bond acceptors (Lipinski definition) is 5. The third-order valence-electron chi connectivity index (χ3n) is 3.98. The van der Waals surface area contributed by atoms with Gasteiger partial charge in [0.1, 0.15) is 0 Å². The maximum Gasteiger partial charge on any atom is 0.360 e. The fraction of sp³-hybridized carbons (Fsp3) is 0.353. The van der Waals surface area contributed by atoms with E-state index in [-0.39, 0.29) is 5.69 Å². The molecule has 3 aromatic rings. The molecule has 23 heavy (non-hydrogen) atoms. The summed E-state index contributed by atoms with van der Waals surface area (Å²) >= 11 is 1.77. The van der Waals surface area contributed by atoms with Crippen LogP contribution in [0, 0.1) is 0 Å². The molecule has 0 N–H and O–H groups in total. The van der Waals surface area contributed by atoms with E-state index in [2.05, 4.69) is 34.6 Å². The van der Waals surface area contributed by atoms with E-state index in [1.807, 2.05) is 0 Å². The lowest BCUT2D eigenvalue weighted by Crippen LogP contribution is -2.04. The Morgan fingerprint density at radius 3 is 3.04 bits per heavy atom. The Hall–Kier alpha value is -2.21. The van der Waals surface area contributed by atoms with Crippen molar-refractivity contribution < 1.29 is 9.53 Å². The van der Waals surface area contributed by atoms with Gasteiger partial charge < -0.3 is 4.74 Å². The van der Waals surface area contributed by atoms with Gasteiger partial charge >= 0.3 is 5.97 Å². The van der Waals surface area contributed by atoms with E-state index in [9.17, 15) is 4.79 Å². The van der Waals surface area contributed by atoms with E-state index < -0.39 is 5.97 Å². The Bertz CT molecular complexity index is 864. The summed E-state index contributed by atoms with van der Waals surface area (Å²) in [6, 6.07) is 8.94. The monoisotopic (exact) mass is 327 g/mol. The van der Waals surface area contributed by atoms with E-state index in [0.717, 1.165) is 5.92 Å². The van der Waals surface area contributed by atoms with Crippen molar-refractivity contribution in [2.45, 2.75) is 32.2 Å². The molecule has 0 spiro atoms. The number of hydrogen-bond donors (Lipinski definition) is 0. The molecule has 1 aliphatic carbocycles. The fourth-order valence-electron chi connectivity index (χ4n) is 2.69. The third-order valence-corrected chi connectivity index (χ3v) is 5.07. The summed E-state index contributed by atoms with van der Waals surface area (Å²) in [5, 5.41) is 9.15. The normalized spacial score (nSPS) is 14.3. The van der Waals surface area contributed by atoms with Gasteiger partial charge in [-0.05, 0) is 48.8 Å². The average molecular weight is 327 g/mol. The number of rotatable bonds is 5. The van der Waals surface area contributed by atoms with Crippen molar-refractivity contribution in [2.24, 2.45) is 0 Å². The van der Waals surface area contributed by atoms with Gasteiger partial charge in [-0.15, -0.1) is 16.4 Å². The Morgan fingerprint density at radius 1 is 1.39 bits per heavy atom. The smallest absolute Gasteiger partial charge is 0.360 e. The van der Waals surface area contributed by atoms with Crippen LogP contribution in [-0.2, 0) is 11.3 Å². The predicted molar refractivity (Wildman–Crippen MR) is 88.9 cm³/mol. The van der Waals surface area contributed by atoms with Crippen LogP contribution in [0.15, 0.2) is 30.5 Å². The number of aromatic nitrogens is 3. The Kier molecular flexibility index (Phi) is 3.61. The van der Waals surface area contributed by atoms with Gasteiger partial charge in [-0.3, -0.25) is 0 Å². The van der Waals surface area contributed by atoms with E-state index in [4.69, 9.17) is 4.74 Å². The molecular formula is C17H17N3O2S. The number of thiophene rings is 1. The minimum absolute atomic E-state index is 0.254. The van der Waals surface area contributed by atoms with E-state index in [1.165, 1.54) is 33.4 Å². The highest BCUT2D eigenvalue weighted by Gasteiger charge is 2.23. The van der Waals surface area contributed by atoms with Gasteiger partial charge in [0.05, 0.1) is 19.3 Å². The molecule has 4 rings (SSSR count). The summed E-state index contributed by atoms with van der Waals surface area (Å²) in [5.74, 6) is 0.344. The molecule has 1 fully saturated rings. The molecule has 2 aromatic heterocycles. The van der Waals surface area contributed by atoms with Crippen molar-refractivity contribution in [3.8, 4) is 0 Å². The van der Waals surface area contributed by atoms with Crippen molar-refractivity contribution in [3.05, 3.63) is 46.6 Å². The van der Waals surface area contributed by atoms with Crippen molar-refractivity contribution in [1.82, 2.24) is 15.0 Å². The summed E-state index contributed by atoms with van der Waals surface area (Å²) in [7, 11) is 0. The molecular weight excluding hydrogens is 310 g/mol. The molecule has 1 saturated carbocycles. The van der Waals surface area contributed by atoms with Crippen molar-refractivity contribution in [1.29, 1.82) is 0 Å². The summed E-state index contributed by atoms with van der Waals surface area (Å²) in [6.45, 7) is 2.73. The maximum atomic E-state index is 11.6. The van der Waals surface area contributed by atoms with Crippen LogP contribution >= 0.6 is 11.3 Å². The standard InChI is InChI=1S/C17H17N3O2S/c1-2-22-17(21)15-10-20(19-18-15)9-14-7-13-6-5-12(11-3-4-11)8-16(13)23-14/h5-8,10-11H,2-4,9H2,1H3. The number of fused-ring (bicyclic) bond motifs is 1. The Labute approximate surface area is 137 Å². The summed E-state index contributed by atoms with van der Waals surface area (Å²) in [5.41, 5.74) is 1.71. The summed E-state index contributed by atoms with van der Waals surface area (Å²) in [6.07, 6.45) is 4.27. The zero-order valence-electron chi connectivity index (χ0n) is 12.9. The van der Waals surface area contributed by atoms with E-state index in [1.54, 1.807) is 29.1 Å². The highest BCUT2D eigenvalue weighted by Crippen LogP contribution is 2.41. The van der Waals surface area contributed by atoms with Gasteiger partial charge in [-0.1, -0.05) is 17.3 Å². The lowest BCUT2D eigenvalue weighted by molar-refractivity contribution is 0.0519. The van der Waals surface area contributed by atoms with Gasteiger partial charge in [0.15, 0.2) is 5.69 Å². The first kappa shape index (κ1) is 14.4. The van der Waals surface area contributed by atoms with Crippen LogP contribution in [-0.4, -0.2) is 27.6 Å². The summed E-state index contributed by atoms with van der Waals surface area (Å²) in [4.78, 5) is 12.8. The largest absolute Gasteiger partial charge is 0.461 e. The number of carbonyl (C=O) groups is 1. The van der Waals surface area contributed by atoms with Crippen LogP contribution in [0.3, 0.4) is 0 Å².